The quantitative estimate of drug-likeness (QED) is 0.850. The van der Waals surface area contributed by atoms with Crippen LogP contribution in [0.4, 0.5) is 0 Å². The SMILES string of the molecule is CC(C)c1cc(C(=O)N2CC(CN)CC2C)n[nH]1. The number of aromatic nitrogens is 2. The predicted molar refractivity (Wildman–Crippen MR) is 70.3 cm³/mol. The Balaban J connectivity index is 2.11. The first-order chi connectivity index (χ1) is 8.52. The van der Waals surface area contributed by atoms with Crippen LogP contribution in [-0.2, 0) is 0 Å². The van der Waals surface area contributed by atoms with Crippen molar-refractivity contribution in [3.05, 3.63) is 17.5 Å². The van der Waals surface area contributed by atoms with Gasteiger partial charge in [-0.15, -0.1) is 0 Å². The largest absolute Gasteiger partial charge is 0.334 e. The summed E-state index contributed by atoms with van der Waals surface area (Å²) in [5, 5.41) is 7.05. The molecular weight excluding hydrogens is 228 g/mol. The molecule has 5 heteroatoms. The number of H-pyrrole nitrogens is 1. The molecule has 1 aromatic rings. The lowest BCUT2D eigenvalue weighted by Crippen LogP contribution is -2.34. The lowest BCUT2D eigenvalue weighted by atomic mass is 10.1. The highest BCUT2D eigenvalue weighted by Gasteiger charge is 2.33. The third kappa shape index (κ3) is 2.41. The van der Waals surface area contributed by atoms with Crippen molar-refractivity contribution in [3.8, 4) is 0 Å². The van der Waals surface area contributed by atoms with Crippen LogP contribution >= 0.6 is 0 Å². The molecule has 0 aromatic carbocycles. The zero-order valence-corrected chi connectivity index (χ0v) is 11.3. The van der Waals surface area contributed by atoms with Crippen molar-refractivity contribution in [1.29, 1.82) is 0 Å². The standard InChI is InChI=1S/C13H22N4O/c1-8(2)11-5-12(16-15-11)13(18)17-7-10(6-14)4-9(17)3/h5,8-10H,4,6-7,14H2,1-3H3,(H,15,16). The second-order valence-corrected chi connectivity index (χ2v) is 5.51. The van der Waals surface area contributed by atoms with Gasteiger partial charge in [0.15, 0.2) is 0 Å². The topological polar surface area (TPSA) is 75.0 Å². The van der Waals surface area contributed by atoms with Gasteiger partial charge in [-0.1, -0.05) is 13.8 Å². The first-order valence-corrected chi connectivity index (χ1v) is 6.59. The summed E-state index contributed by atoms with van der Waals surface area (Å²) in [6, 6.07) is 2.11. The summed E-state index contributed by atoms with van der Waals surface area (Å²) in [5.41, 5.74) is 7.20. The van der Waals surface area contributed by atoms with Gasteiger partial charge in [-0.05, 0) is 37.8 Å². The minimum Gasteiger partial charge on any atom is -0.334 e. The summed E-state index contributed by atoms with van der Waals surface area (Å²) < 4.78 is 0. The van der Waals surface area contributed by atoms with Gasteiger partial charge >= 0.3 is 0 Å². The van der Waals surface area contributed by atoms with Crippen molar-refractivity contribution in [2.45, 2.75) is 39.2 Å². The van der Waals surface area contributed by atoms with Crippen LogP contribution < -0.4 is 5.73 Å². The normalized spacial score (nSPS) is 23.9. The molecule has 1 amide bonds. The first-order valence-electron chi connectivity index (χ1n) is 6.59. The van der Waals surface area contributed by atoms with Crippen molar-refractivity contribution in [3.63, 3.8) is 0 Å². The molecular formula is C13H22N4O. The van der Waals surface area contributed by atoms with Gasteiger partial charge in [0.2, 0.25) is 0 Å². The van der Waals surface area contributed by atoms with E-state index in [1.165, 1.54) is 0 Å². The van der Waals surface area contributed by atoms with E-state index in [9.17, 15) is 4.79 Å². The van der Waals surface area contributed by atoms with Crippen LogP contribution in [0.25, 0.3) is 0 Å². The minimum atomic E-state index is 0.0154. The Hall–Kier alpha value is -1.36. The van der Waals surface area contributed by atoms with Crippen molar-refractivity contribution in [1.82, 2.24) is 15.1 Å². The van der Waals surface area contributed by atoms with Crippen LogP contribution in [0.3, 0.4) is 0 Å². The second-order valence-electron chi connectivity index (χ2n) is 5.51. The van der Waals surface area contributed by atoms with Crippen LogP contribution in [-0.4, -0.2) is 40.1 Å². The third-order valence-corrected chi connectivity index (χ3v) is 3.69. The van der Waals surface area contributed by atoms with E-state index in [1.54, 1.807) is 0 Å². The van der Waals surface area contributed by atoms with Gasteiger partial charge in [-0.2, -0.15) is 5.10 Å². The first kappa shape index (κ1) is 13.1. The number of likely N-dealkylation sites (tertiary alicyclic amines) is 1. The molecule has 0 saturated carbocycles. The fourth-order valence-electron chi connectivity index (χ4n) is 2.49. The molecule has 0 bridgehead atoms. The Kier molecular flexibility index (Phi) is 3.71. The van der Waals surface area contributed by atoms with Crippen LogP contribution in [0, 0.1) is 5.92 Å². The molecule has 5 nitrogen and oxygen atoms in total. The number of nitrogens with one attached hydrogen (secondary N) is 1. The van der Waals surface area contributed by atoms with Gasteiger partial charge in [0.1, 0.15) is 5.69 Å². The van der Waals surface area contributed by atoms with Crippen molar-refractivity contribution >= 4 is 5.91 Å². The van der Waals surface area contributed by atoms with Crippen molar-refractivity contribution < 1.29 is 4.79 Å². The molecule has 1 saturated heterocycles. The summed E-state index contributed by atoms with van der Waals surface area (Å²) in [5.74, 6) is 0.793. The molecule has 0 radical (unpaired) electrons. The molecule has 1 fully saturated rings. The van der Waals surface area contributed by atoms with Gasteiger partial charge in [0.25, 0.3) is 5.91 Å². The minimum absolute atomic E-state index is 0.0154. The van der Waals surface area contributed by atoms with E-state index in [4.69, 9.17) is 5.73 Å². The molecule has 100 valence electrons. The fourth-order valence-corrected chi connectivity index (χ4v) is 2.49. The number of carbonyl (C=O) groups is 1. The van der Waals surface area contributed by atoms with E-state index in [0.717, 1.165) is 18.7 Å². The number of amides is 1. The maximum Gasteiger partial charge on any atom is 0.274 e. The molecule has 1 aliphatic heterocycles. The molecule has 0 spiro atoms. The highest BCUT2D eigenvalue weighted by molar-refractivity contribution is 5.92. The number of hydrogen-bond acceptors (Lipinski definition) is 3. The lowest BCUT2D eigenvalue weighted by molar-refractivity contribution is 0.0737. The van der Waals surface area contributed by atoms with Gasteiger partial charge < -0.3 is 10.6 Å². The Morgan fingerprint density at radius 3 is 2.89 bits per heavy atom. The maximum absolute atomic E-state index is 12.4. The zero-order chi connectivity index (χ0) is 13.3. The number of rotatable bonds is 3. The van der Waals surface area contributed by atoms with Crippen LogP contribution in [0.2, 0.25) is 0 Å². The molecule has 2 heterocycles. The van der Waals surface area contributed by atoms with Gasteiger partial charge in [0, 0.05) is 18.3 Å². The third-order valence-electron chi connectivity index (χ3n) is 3.69. The second kappa shape index (κ2) is 5.10. The van der Waals surface area contributed by atoms with Gasteiger partial charge in [0.05, 0.1) is 0 Å². The highest BCUT2D eigenvalue weighted by atomic mass is 16.2. The number of nitrogens with two attached hydrogens (primary N) is 1. The summed E-state index contributed by atoms with van der Waals surface area (Å²) in [7, 11) is 0. The summed E-state index contributed by atoms with van der Waals surface area (Å²) in [6.45, 7) is 7.62. The molecule has 0 aliphatic carbocycles. The molecule has 1 aromatic heterocycles. The number of aromatic amines is 1. The molecule has 18 heavy (non-hydrogen) atoms. The molecule has 3 N–H and O–H groups in total. The highest BCUT2D eigenvalue weighted by Crippen LogP contribution is 2.24. The summed E-state index contributed by atoms with van der Waals surface area (Å²) in [4.78, 5) is 14.2. The van der Waals surface area contributed by atoms with Gasteiger partial charge in [-0.25, -0.2) is 0 Å². The van der Waals surface area contributed by atoms with Crippen molar-refractivity contribution in [2.75, 3.05) is 13.1 Å². The Morgan fingerprint density at radius 1 is 1.67 bits per heavy atom. The Labute approximate surface area is 108 Å². The summed E-state index contributed by atoms with van der Waals surface area (Å²) in [6.07, 6.45) is 0.990. The van der Waals surface area contributed by atoms with E-state index in [2.05, 4.69) is 31.0 Å². The number of nitrogens with zero attached hydrogens (tertiary/aromatic N) is 2. The average molecular weight is 250 g/mol. The molecule has 2 unspecified atom stereocenters. The average Bonchev–Trinajstić information content (AvgIpc) is 2.94. The van der Waals surface area contributed by atoms with Crippen LogP contribution in [0.5, 0.6) is 0 Å². The smallest absolute Gasteiger partial charge is 0.274 e. The zero-order valence-electron chi connectivity index (χ0n) is 11.3. The Morgan fingerprint density at radius 2 is 2.39 bits per heavy atom. The fraction of sp³-hybridized carbons (Fsp3) is 0.692. The number of hydrogen-bond donors (Lipinski definition) is 2. The molecule has 2 atom stereocenters. The molecule has 2 rings (SSSR count). The van der Waals surface area contributed by atoms with E-state index < -0.39 is 0 Å². The Bertz CT molecular complexity index is 426. The van der Waals surface area contributed by atoms with E-state index in [1.807, 2.05) is 11.0 Å². The van der Waals surface area contributed by atoms with E-state index in [-0.39, 0.29) is 11.9 Å². The van der Waals surface area contributed by atoms with E-state index in [0.29, 0.717) is 24.1 Å². The summed E-state index contributed by atoms with van der Waals surface area (Å²) >= 11 is 0. The molecule has 1 aliphatic rings. The van der Waals surface area contributed by atoms with Crippen LogP contribution in [0.1, 0.15) is 49.3 Å². The monoisotopic (exact) mass is 250 g/mol. The van der Waals surface area contributed by atoms with Gasteiger partial charge in [-0.3, -0.25) is 9.89 Å². The van der Waals surface area contributed by atoms with Crippen molar-refractivity contribution in [2.24, 2.45) is 11.7 Å². The number of carbonyl (C=O) groups excluding carboxylic acids is 1. The van der Waals surface area contributed by atoms with E-state index >= 15 is 0 Å². The van der Waals surface area contributed by atoms with Crippen LogP contribution in [0.15, 0.2) is 6.07 Å². The lowest BCUT2D eigenvalue weighted by Gasteiger charge is -2.20. The maximum atomic E-state index is 12.4. The predicted octanol–water partition coefficient (Wildman–Crippen LogP) is 1.34.